The molecule has 2 saturated carbocycles. The largest absolute Gasteiger partial charge is 0.495 e. The van der Waals surface area contributed by atoms with Crippen LogP contribution in [0.1, 0.15) is 67.8 Å². The van der Waals surface area contributed by atoms with Crippen LogP contribution in [-0.2, 0) is 10.4 Å². The van der Waals surface area contributed by atoms with E-state index in [0.29, 0.717) is 29.9 Å². The molecule has 1 heterocycles. The molecule has 5 rings (SSSR count). The molecule has 1 amide bonds. The second-order valence-electron chi connectivity index (χ2n) is 11.5. The van der Waals surface area contributed by atoms with Crippen LogP contribution in [0.15, 0.2) is 35.3 Å². The molecule has 7 nitrogen and oxygen atoms in total. The summed E-state index contributed by atoms with van der Waals surface area (Å²) in [6.07, 6.45) is 6.69. The first-order chi connectivity index (χ1) is 20.3. The molecule has 0 radical (unpaired) electrons. The third kappa shape index (κ3) is 8.06. The fourth-order valence-electron chi connectivity index (χ4n) is 4.73. The Balaban J connectivity index is 0.000000237. The number of carbonyl (C=O) groups excluding carboxylic acids is 1. The number of nitrogens with zero attached hydrogens (tertiary/aromatic N) is 2. The molecule has 4 N–H and O–H groups in total. The summed E-state index contributed by atoms with van der Waals surface area (Å²) in [4.78, 5) is 19.5. The molecule has 1 unspecified atom stereocenters. The summed E-state index contributed by atoms with van der Waals surface area (Å²) in [6.45, 7) is 5.12. The highest BCUT2D eigenvalue weighted by atomic mass is 35.5. The van der Waals surface area contributed by atoms with E-state index in [9.17, 15) is 18.7 Å². The Morgan fingerprint density at radius 3 is 2.44 bits per heavy atom. The third-order valence-electron chi connectivity index (χ3n) is 7.40. The molecule has 0 bridgehead atoms. The number of halogens is 4. The molecule has 0 aliphatic heterocycles. The van der Waals surface area contributed by atoms with Crippen molar-refractivity contribution in [2.45, 2.75) is 64.0 Å². The third-order valence-corrected chi connectivity index (χ3v) is 7.69. The Morgan fingerprint density at radius 2 is 1.86 bits per heavy atom. The van der Waals surface area contributed by atoms with Crippen LogP contribution < -0.4 is 15.8 Å². The van der Waals surface area contributed by atoms with Crippen LogP contribution in [0.25, 0.3) is 11.3 Å². The first kappa shape index (κ1) is 32.3. The van der Waals surface area contributed by atoms with Gasteiger partial charge in [-0.15, -0.1) is 0 Å². The summed E-state index contributed by atoms with van der Waals surface area (Å²) < 4.78 is 48.3. The number of amides is 1. The fraction of sp³-hybridized carbons (Fsp3) is 0.406. The molecule has 2 aliphatic rings. The van der Waals surface area contributed by atoms with Crippen molar-refractivity contribution in [3.8, 4) is 17.0 Å². The van der Waals surface area contributed by atoms with Gasteiger partial charge in [0.05, 0.1) is 29.5 Å². The molecule has 43 heavy (non-hydrogen) atoms. The minimum atomic E-state index is -1.57. The quantitative estimate of drug-likeness (QED) is 0.105. The van der Waals surface area contributed by atoms with Crippen LogP contribution in [0.2, 0.25) is 5.02 Å². The Morgan fingerprint density at radius 1 is 1.16 bits per heavy atom. The highest BCUT2D eigenvalue weighted by Crippen LogP contribution is 2.44. The zero-order valence-electron chi connectivity index (χ0n) is 24.6. The standard InChI is InChI=1S/C20H20ClF3N2O2.C12H16N2O/c1-20(2,28)13-6-17(12(8-25-9-27)10-3-4-10)26-19(18(13)24)11-5-14(21)16(23)7-15(11)22;1-8-5-9(7-14-10-3-4-10)12(13)11(6-8)15-2/h5-7,9-10,12,28H,3-4,8H2,1-2H3,(H,25,27);5-7,10H,3-4,13H2,1-2H3. The van der Waals surface area contributed by atoms with E-state index in [0.717, 1.165) is 35.8 Å². The smallest absolute Gasteiger partial charge is 0.207 e. The number of aliphatic imine (C=N–C) groups is 1. The van der Waals surface area contributed by atoms with Gasteiger partial charge in [0.1, 0.15) is 23.1 Å². The van der Waals surface area contributed by atoms with Crippen LogP contribution in [0, 0.1) is 30.3 Å². The monoisotopic (exact) mass is 616 g/mol. The van der Waals surface area contributed by atoms with Crippen molar-refractivity contribution < 1.29 is 27.8 Å². The van der Waals surface area contributed by atoms with E-state index in [1.54, 1.807) is 7.11 Å². The Kier molecular flexibility index (Phi) is 10.0. The lowest BCUT2D eigenvalue weighted by molar-refractivity contribution is -0.109. The van der Waals surface area contributed by atoms with Gasteiger partial charge in [0.15, 0.2) is 5.82 Å². The molecule has 230 valence electrons. The SMILES string of the molecule is CC(C)(O)c1cc(C(CNC=O)C2CC2)nc(-c2cc(Cl)c(F)cc2F)c1F.COc1cc(C)cc(C=NC2CC2)c1N. The fourth-order valence-corrected chi connectivity index (χ4v) is 4.89. The van der Waals surface area contributed by atoms with Crippen molar-refractivity contribution in [1.29, 1.82) is 0 Å². The molecule has 1 aromatic heterocycles. The van der Waals surface area contributed by atoms with E-state index in [4.69, 9.17) is 22.1 Å². The number of ether oxygens (including phenoxy) is 1. The molecule has 2 fully saturated rings. The molecule has 2 aliphatic carbocycles. The van der Waals surface area contributed by atoms with Gasteiger partial charge in [0.25, 0.3) is 0 Å². The van der Waals surface area contributed by atoms with Crippen LogP contribution in [0.5, 0.6) is 5.75 Å². The van der Waals surface area contributed by atoms with E-state index < -0.39 is 23.1 Å². The average Bonchev–Trinajstić information content (AvgIpc) is 3.87. The number of pyridine rings is 1. The molecule has 3 aromatic rings. The van der Waals surface area contributed by atoms with Gasteiger partial charge in [-0.3, -0.25) is 9.79 Å². The van der Waals surface area contributed by atoms with Gasteiger partial charge in [-0.05, 0) is 82.2 Å². The second-order valence-corrected chi connectivity index (χ2v) is 11.9. The molecular formula is C32H36ClF3N4O3. The van der Waals surface area contributed by atoms with Crippen LogP contribution in [0.3, 0.4) is 0 Å². The minimum absolute atomic E-state index is 0.0656. The summed E-state index contributed by atoms with van der Waals surface area (Å²) in [5.41, 5.74) is 6.86. The second kappa shape index (κ2) is 13.3. The number of aromatic nitrogens is 1. The lowest BCUT2D eigenvalue weighted by Gasteiger charge is -2.24. The molecule has 0 spiro atoms. The van der Waals surface area contributed by atoms with Gasteiger partial charge in [-0.2, -0.15) is 0 Å². The molecule has 1 atom stereocenters. The molecule has 11 heteroatoms. The summed E-state index contributed by atoms with van der Waals surface area (Å²) in [5.74, 6) is -2.13. The maximum atomic E-state index is 15.2. The van der Waals surface area contributed by atoms with E-state index in [1.165, 1.54) is 32.8 Å². The van der Waals surface area contributed by atoms with Crippen molar-refractivity contribution in [2.24, 2.45) is 10.9 Å². The number of benzene rings is 2. The van der Waals surface area contributed by atoms with Gasteiger partial charge < -0.3 is 20.9 Å². The number of aliphatic hydroxyl groups is 1. The maximum Gasteiger partial charge on any atom is 0.207 e. The van der Waals surface area contributed by atoms with E-state index in [2.05, 4.69) is 15.3 Å². The molecule has 2 aromatic carbocycles. The highest BCUT2D eigenvalue weighted by molar-refractivity contribution is 6.31. The van der Waals surface area contributed by atoms with Crippen molar-refractivity contribution >= 4 is 29.9 Å². The zero-order valence-corrected chi connectivity index (χ0v) is 25.3. The van der Waals surface area contributed by atoms with Crippen molar-refractivity contribution in [3.63, 3.8) is 0 Å². The van der Waals surface area contributed by atoms with Gasteiger partial charge >= 0.3 is 0 Å². The van der Waals surface area contributed by atoms with E-state index in [-0.39, 0.29) is 40.2 Å². The van der Waals surface area contributed by atoms with Crippen LogP contribution in [-0.4, -0.2) is 42.4 Å². The molecule has 0 saturated heterocycles. The van der Waals surface area contributed by atoms with Gasteiger partial charge in [-0.1, -0.05) is 11.6 Å². The number of anilines is 1. The summed E-state index contributed by atoms with van der Waals surface area (Å²) in [6, 6.07) is 7.48. The number of nitrogens with one attached hydrogen (secondary N) is 1. The molecular weight excluding hydrogens is 581 g/mol. The lowest BCUT2D eigenvalue weighted by atomic mass is 9.90. The number of rotatable bonds is 10. The maximum absolute atomic E-state index is 15.2. The summed E-state index contributed by atoms with van der Waals surface area (Å²) in [7, 11) is 1.63. The number of hydrogen-bond acceptors (Lipinski definition) is 6. The van der Waals surface area contributed by atoms with Gasteiger partial charge in [0.2, 0.25) is 6.41 Å². The predicted octanol–water partition coefficient (Wildman–Crippen LogP) is 6.45. The Labute approximate surface area is 254 Å². The predicted molar refractivity (Wildman–Crippen MR) is 162 cm³/mol. The van der Waals surface area contributed by atoms with Crippen molar-refractivity contribution in [2.75, 3.05) is 19.4 Å². The van der Waals surface area contributed by atoms with Crippen LogP contribution in [0.4, 0.5) is 18.9 Å². The van der Waals surface area contributed by atoms with Crippen LogP contribution >= 0.6 is 11.6 Å². The first-order valence-corrected chi connectivity index (χ1v) is 14.4. The number of methoxy groups -OCH3 is 1. The lowest BCUT2D eigenvalue weighted by Crippen LogP contribution is -2.25. The number of nitrogen functional groups attached to an aromatic ring is 1. The Hall–Kier alpha value is -3.63. The summed E-state index contributed by atoms with van der Waals surface area (Å²) >= 11 is 5.76. The normalized spacial score (nSPS) is 15.6. The zero-order chi connectivity index (χ0) is 31.5. The topological polar surface area (TPSA) is 110 Å². The van der Waals surface area contributed by atoms with Gasteiger partial charge in [-0.25, -0.2) is 18.2 Å². The number of nitrogens with two attached hydrogens (primary N) is 1. The number of aryl methyl sites for hydroxylation is 1. The summed E-state index contributed by atoms with van der Waals surface area (Å²) in [5, 5.41) is 12.7. The van der Waals surface area contributed by atoms with E-state index >= 15 is 4.39 Å². The number of hydrogen-bond donors (Lipinski definition) is 3. The van der Waals surface area contributed by atoms with Crippen molar-refractivity contribution in [1.82, 2.24) is 10.3 Å². The number of carbonyl (C=O) groups is 1. The minimum Gasteiger partial charge on any atom is -0.495 e. The van der Waals surface area contributed by atoms with Gasteiger partial charge in [0, 0.05) is 47.1 Å². The highest BCUT2D eigenvalue weighted by Gasteiger charge is 2.35. The van der Waals surface area contributed by atoms with E-state index in [1.807, 2.05) is 25.3 Å². The Bertz CT molecular complexity index is 1520. The average molecular weight is 617 g/mol. The first-order valence-electron chi connectivity index (χ1n) is 14.1. The van der Waals surface area contributed by atoms with Crippen molar-refractivity contribution in [3.05, 3.63) is 75.2 Å².